The van der Waals surface area contributed by atoms with E-state index in [-0.39, 0.29) is 23.1 Å². The van der Waals surface area contributed by atoms with E-state index in [1.54, 1.807) is 24.3 Å². The molecular weight excluding hydrogens is 1810 g/mol. The molecule has 0 amide bonds. The van der Waals surface area contributed by atoms with Crippen LogP contribution in [0.1, 0.15) is 412 Å². The van der Waals surface area contributed by atoms with Gasteiger partial charge in [-0.05, 0) is 402 Å². The Kier molecular flexibility index (Phi) is 49.3. The van der Waals surface area contributed by atoms with Gasteiger partial charge < -0.3 is 14.7 Å². The molecule has 19 aliphatic rings. The van der Waals surface area contributed by atoms with Crippen molar-refractivity contribution in [3.8, 4) is 0 Å². The minimum atomic E-state index is -0.418. The largest absolute Gasteiger partial charge is 0.369 e. The standard InChI is InChI=1S/C19H29FN2.C18H32N2.C18H34N2.2C17H34N2.C16H30N2.C14H28N2.C11H13FO/c1-15(2)16-3-7-18(8-4-16)21-11-13-22(14-12-21)19-9-5-17(20)6-10-19;1-14(2)16-3-5-17(6-4-16)19-7-9-20(10-8-19)18-11-15(12-18)13-18;1-15(2)16-7-9-18(10-8-16)20-13-11-19(12-14-20)17-5-3-4-6-17;1-14(2)15-6-8-16(9-7-15)18-10-12-19(13-11-18)17(3,4)5;1-14(2)13-18-9-11-19(12-10-18)17-7-5-16(6-8-17)15(3)4;1-13(2)14-3-5-15(6-4-14)17-9-11-18(12-10-17)16-7-8-16;1-12(2)13-4-6-14(7-5-13)16-10-8-15(3)9-11-16;1-7(2)9-4-5-10(8(3)13)11(12)6-9/h5-6,9-10,15-16,18H,3-4,7-8,11-14H2,1-2H3;14-17H,3-13H2,1-2H3;15-18H,3-14H2,1-2H3;14-16H,6-13H2,1-5H3;14-17H,5-13H2,1-4H3;13-16H,3-12H2,1-2H3;12-14H,4-11H2,1-3H3;4-7H,1-3H3. The fraction of sp³-hybridized carbons (Fsp3) is 0.900. The van der Waals surface area contributed by atoms with Gasteiger partial charge in [-0.2, -0.15) is 0 Å². The molecule has 15 nitrogen and oxygen atoms in total. The summed E-state index contributed by atoms with van der Waals surface area (Å²) in [6, 6.07) is 19.9. The van der Waals surface area contributed by atoms with Gasteiger partial charge in [-0.15, -0.1) is 0 Å². The Labute approximate surface area is 906 Å². The predicted molar refractivity (Wildman–Crippen MR) is 624 cm³/mol. The number of halogens is 2. The zero-order valence-corrected chi connectivity index (χ0v) is 100. The van der Waals surface area contributed by atoms with Gasteiger partial charge in [-0.3, -0.25) is 58.7 Å². The van der Waals surface area contributed by atoms with Crippen LogP contribution in [0.15, 0.2) is 42.5 Å². The summed E-state index contributed by atoms with van der Waals surface area (Å²) in [5, 5.41) is 0. The molecule has 0 aromatic heterocycles. The number of Topliss-reactive ketones (excluding diaryl/α,β-unsaturated/α-hetero) is 1. The second-order valence-corrected chi connectivity index (χ2v) is 55.9. The molecule has 2 aromatic rings. The Balaban J connectivity index is 0.000000141. The van der Waals surface area contributed by atoms with Gasteiger partial charge in [-0.25, -0.2) is 8.78 Å². The van der Waals surface area contributed by atoms with E-state index in [1.807, 2.05) is 26.0 Å². The van der Waals surface area contributed by atoms with Crippen LogP contribution in [0.25, 0.3) is 0 Å². The molecule has 19 fully saturated rings. The summed E-state index contributed by atoms with van der Waals surface area (Å²) < 4.78 is 26.3. The normalized spacial score (nSPS) is 32.4. The summed E-state index contributed by atoms with van der Waals surface area (Å²) in [5.41, 5.74) is 3.31. The molecule has 12 saturated carbocycles. The van der Waals surface area contributed by atoms with Crippen molar-refractivity contribution in [3.63, 3.8) is 0 Å². The molecule has 0 atom stereocenters. The van der Waals surface area contributed by atoms with Crippen LogP contribution in [0, 0.1) is 106 Å². The first-order chi connectivity index (χ1) is 70.4. The summed E-state index contributed by atoms with van der Waals surface area (Å²) >= 11 is 0. The van der Waals surface area contributed by atoms with Crippen LogP contribution < -0.4 is 4.90 Å². The van der Waals surface area contributed by atoms with E-state index in [0.29, 0.717) is 11.1 Å². The lowest BCUT2D eigenvalue weighted by Gasteiger charge is -2.68. The van der Waals surface area contributed by atoms with Gasteiger partial charge in [0.2, 0.25) is 0 Å². The van der Waals surface area contributed by atoms with E-state index in [0.717, 1.165) is 186 Å². The van der Waals surface area contributed by atoms with E-state index >= 15 is 0 Å². The second kappa shape index (κ2) is 59.8. The zero-order chi connectivity index (χ0) is 105. The van der Waals surface area contributed by atoms with Crippen molar-refractivity contribution >= 4 is 11.5 Å². The molecule has 17 heteroatoms. The molecule has 21 rings (SSSR count). The van der Waals surface area contributed by atoms with Crippen molar-refractivity contribution < 1.29 is 13.6 Å². The van der Waals surface area contributed by atoms with Crippen LogP contribution in [-0.4, -0.2) is 332 Å². The molecule has 0 spiro atoms. The molecule has 7 heterocycles. The summed E-state index contributed by atoms with van der Waals surface area (Å²) in [5.74, 6) is 14.6. The summed E-state index contributed by atoms with van der Waals surface area (Å²) in [4.78, 5) is 48.9. The van der Waals surface area contributed by atoms with E-state index in [4.69, 9.17) is 0 Å². The Hall–Kier alpha value is -2.75. The number of carbonyl (C=O) groups excluding carboxylic acids is 1. The zero-order valence-electron chi connectivity index (χ0n) is 100. The SMILES string of the molecule is CC(=O)c1ccc(C(C)C)cc1F.CC(C)C1CCC(N2CCN(C(C)(C)C)CC2)CC1.CC(C)C1CCC(N2CCN(C)CC2)CC1.CC(C)C1CCC(N2CCN(C34CC(C3)C4)CC2)CC1.CC(C)C1CCC(N2CCN(C3CC3)CC2)CC1.CC(C)C1CCC(N2CCN(C3CCCC3)CC2)CC1.CC(C)C1CCC(N2CCN(c3ccc(F)cc3)CC2)CC1.CC(C)CN1CCN(C2CCC(C(C)C)CC2)CC1. The van der Waals surface area contributed by atoms with E-state index < -0.39 is 5.82 Å². The maximum absolute atomic E-state index is 13.2. The lowest BCUT2D eigenvalue weighted by Crippen LogP contribution is -2.71. The Bertz CT molecular complexity index is 3840. The highest BCUT2D eigenvalue weighted by atomic mass is 19.1. The van der Waals surface area contributed by atoms with E-state index in [9.17, 15) is 13.6 Å². The van der Waals surface area contributed by atoms with Gasteiger partial charge in [0.1, 0.15) is 11.6 Å². The third kappa shape index (κ3) is 37.2. The van der Waals surface area contributed by atoms with Gasteiger partial charge in [0.15, 0.2) is 5.78 Å². The van der Waals surface area contributed by atoms with Gasteiger partial charge in [0, 0.05) is 261 Å². The number of ketones is 1. The number of likely N-dealkylation sites (N-methyl/N-ethyl adjacent to an activating group) is 1. The fourth-order valence-electron chi connectivity index (χ4n) is 30.9. The molecule has 147 heavy (non-hydrogen) atoms. The maximum atomic E-state index is 13.2. The molecule has 0 N–H and O–H groups in total. The third-order valence-corrected chi connectivity index (χ3v) is 42.4. The smallest absolute Gasteiger partial charge is 0.162 e. The van der Waals surface area contributed by atoms with Crippen molar-refractivity contribution in [1.82, 2.24) is 63.7 Å². The van der Waals surface area contributed by atoms with Crippen LogP contribution in [-0.2, 0) is 0 Å². The first-order valence-corrected chi connectivity index (χ1v) is 63.8. The quantitative estimate of drug-likeness (QED) is 0.105. The maximum Gasteiger partial charge on any atom is 0.162 e. The molecule has 12 aliphatic carbocycles. The van der Waals surface area contributed by atoms with Crippen LogP contribution in [0.4, 0.5) is 14.5 Å². The highest BCUT2D eigenvalue weighted by Crippen LogP contribution is 2.61. The van der Waals surface area contributed by atoms with E-state index in [1.165, 1.54) is 414 Å². The van der Waals surface area contributed by atoms with Gasteiger partial charge in [0.25, 0.3) is 0 Å². The summed E-state index contributed by atoms with van der Waals surface area (Å²) in [6.07, 6.45) is 54.1. The lowest BCUT2D eigenvalue weighted by molar-refractivity contribution is -0.157. The molecule has 2 bridgehead atoms. The van der Waals surface area contributed by atoms with Crippen molar-refractivity contribution in [3.05, 3.63) is 65.2 Å². The number of carbonyl (C=O) groups is 1. The molecular formula is C130H234F2N14O. The lowest BCUT2D eigenvalue weighted by atomic mass is 9.49. The molecule has 7 aliphatic heterocycles. The molecule has 2 aromatic carbocycles. The average Bonchev–Trinajstić information content (AvgIpc) is 1.69. The van der Waals surface area contributed by atoms with Crippen LogP contribution in [0.5, 0.6) is 0 Å². The predicted octanol–water partition coefficient (Wildman–Crippen LogP) is 27.0. The number of hydrogen-bond donors (Lipinski definition) is 0. The highest BCUT2D eigenvalue weighted by molar-refractivity contribution is 5.94. The Morgan fingerprint density at radius 1 is 0.313 bits per heavy atom. The van der Waals surface area contributed by atoms with E-state index in [2.05, 4.69) is 207 Å². The van der Waals surface area contributed by atoms with Crippen LogP contribution >= 0.6 is 0 Å². The van der Waals surface area contributed by atoms with Crippen molar-refractivity contribution in [1.29, 1.82) is 0 Å². The molecule has 7 saturated heterocycles. The van der Waals surface area contributed by atoms with Gasteiger partial charge in [0.05, 0.1) is 5.56 Å². The monoisotopic (exact) mass is 2050 g/mol. The minimum absolute atomic E-state index is 0.149. The molecule has 0 radical (unpaired) electrons. The van der Waals surface area contributed by atoms with Crippen LogP contribution in [0.3, 0.4) is 0 Å². The number of piperazine rings is 7. The minimum Gasteiger partial charge on any atom is -0.369 e. The molecule has 0 unspecified atom stereocenters. The number of anilines is 1. The molecule has 844 valence electrons. The van der Waals surface area contributed by atoms with Crippen molar-refractivity contribution in [2.45, 2.75) is 461 Å². The first kappa shape index (κ1) is 121. The third-order valence-electron chi connectivity index (χ3n) is 42.4. The summed E-state index contributed by atoms with van der Waals surface area (Å²) in [6.45, 7) is 87.9. The van der Waals surface area contributed by atoms with Crippen molar-refractivity contribution in [2.24, 2.45) is 94.7 Å². The fourth-order valence-corrected chi connectivity index (χ4v) is 30.9. The number of nitrogens with zero attached hydrogens (tertiary/aromatic N) is 14. The Morgan fingerprint density at radius 3 is 0.803 bits per heavy atom. The average molecular weight is 2050 g/mol. The van der Waals surface area contributed by atoms with Gasteiger partial charge in [-0.1, -0.05) is 144 Å². The van der Waals surface area contributed by atoms with Crippen LogP contribution in [0.2, 0.25) is 0 Å². The van der Waals surface area contributed by atoms with Gasteiger partial charge >= 0.3 is 0 Å². The highest BCUT2D eigenvalue weighted by Gasteiger charge is 2.60. The number of hydrogen-bond acceptors (Lipinski definition) is 15. The first-order valence-electron chi connectivity index (χ1n) is 63.8. The Morgan fingerprint density at radius 2 is 0.565 bits per heavy atom. The van der Waals surface area contributed by atoms with Crippen molar-refractivity contribution in [2.75, 3.05) is 202 Å². The number of benzene rings is 2. The topological polar surface area (TPSA) is 62.4 Å². The number of rotatable bonds is 22. The summed E-state index contributed by atoms with van der Waals surface area (Å²) in [7, 11) is 2.24. The second-order valence-electron chi connectivity index (χ2n) is 55.9.